The lowest BCUT2D eigenvalue weighted by molar-refractivity contribution is -0.171. The molecule has 2 aliphatic rings. The number of hydrogen-bond acceptors (Lipinski definition) is 6. The number of aromatic carboxylic acids is 1. The van der Waals surface area contributed by atoms with Crippen LogP contribution in [-0.4, -0.2) is 63.6 Å². The summed E-state index contributed by atoms with van der Waals surface area (Å²) in [7, 11) is 0. The van der Waals surface area contributed by atoms with Crippen LogP contribution in [0, 0.1) is 0 Å². The maximum Gasteiger partial charge on any atom is 0.336 e. The molecule has 3 N–H and O–H groups in total. The maximum absolute atomic E-state index is 11.7. The van der Waals surface area contributed by atoms with E-state index in [1.165, 1.54) is 0 Å². The standard InChI is InChI=1S/C21H26N2O4.CH2O2/c1-2-15-11-14(24)13-21(27-15)7-9-23(10-8-21)19-12-17(20(25)26)16-5-3-4-6-18(16)22-19;2-1-3/h3-6,12,14-15,24H,2,7-11,13H2,1H3,(H,25,26);1H,(H,2,3)/t14-,15+;/m1./s1. The van der Waals surface area contributed by atoms with Crippen LogP contribution in [0.15, 0.2) is 30.3 Å². The highest BCUT2D eigenvalue weighted by Gasteiger charge is 2.43. The average Bonchev–Trinajstić information content (AvgIpc) is 2.73. The predicted octanol–water partition coefficient (Wildman–Crippen LogP) is 2.92. The molecule has 162 valence electrons. The molecule has 4 rings (SSSR count). The van der Waals surface area contributed by atoms with E-state index in [9.17, 15) is 15.0 Å². The lowest BCUT2D eigenvalue weighted by atomic mass is 9.81. The molecule has 1 spiro atoms. The lowest BCUT2D eigenvalue weighted by Crippen LogP contribution is -2.53. The number of aliphatic hydroxyl groups is 1. The van der Waals surface area contributed by atoms with Crippen molar-refractivity contribution in [2.45, 2.75) is 56.8 Å². The van der Waals surface area contributed by atoms with Crippen LogP contribution in [-0.2, 0) is 9.53 Å². The van der Waals surface area contributed by atoms with Gasteiger partial charge in [-0.25, -0.2) is 9.78 Å². The van der Waals surface area contributed by atoms with Crippen LogP contribution < -0.4 is 4.90 Å². The fourth-order valence-corrected chi connectivity index (χ4v) is 4.48. The highest BCUT2D eigenvalue weighted by molar-refractivity contribution is 6.03. The van der Waals surface area contributed by atoms with Gasteiger partial charge in [0.1, 0.15) is 5.82 Å². The summed E-state index contributed by atoms with van der Waals surface area (Å²) in [5.41, 5.74) is 0.718. The second kappa shape index (κ2) is 9.40. The maximum atomic E-state index is 11.7. The van der Waals surface area contributed by atoms with Gasteiger partial charge in [0.05, 0.1) is 28.9 Å². The van der Waals surface area contributed by atoms with Gasteiger partial charge in [-0.1, -0.05) is 25.1 Å². The Labute approximate surface area is 175 Å². The lowest BCUT2D eigenvalue weighted by Gasteiger charge is -2.48. The van der Waals surface area contributed by atoms with Crippen molar-refractivity contribution >= 4 is 29.2 Å². The van der Waals surface area contributed by atoms with Crippen molar-refractivity contribution in [1.29, 1.82) is 0 Å². The highest BCUT2D eigenvalue weighted by Crippen LogP contribution is 2.39. The molecular formula is C22H28N2O6. The quantitative estimate of drug-likeness (QED) is 0.653. The number of carboxylic acids is 1. The molecule has 8 nitrogen and oxygen atoms in total. The molecule has 30 heavy (non-hydrogen) atoms. The van der Waals surface area contributed by atoms with E-state index in [-0.39, 0.29) is 29.8 Å². The van der Waals surface area contributed by atoms with Gasteiger partial charge < -0.3 is 25.0 Å². The van der Waals surface area contributed by atoms with Crippen LogP contribution in [0.4, 0.5) is 5.82 Å². The topological polar surface area (TPSA) is 120 Å². The number of aliphatic hydroxyl groups excluding tert-OH is 1. The van der Waals surface area contributed by atoms with E-state index >= 15 is 0 Å². The molecule has 1 aromatic carbocycles. The number of ether oxygens (including phenoxy) is 1. The zero-order chi connectivity index (χ0) is 21.7. The fourth-order valence-electron chi connectivity index (χ4n) is 4.48. The van der Waals surface area contributed by atoms with Gasteiger partial charge in [-0.05, 0) is 37.8 Å². The normalized spacial score (nSPS) is 22.9. The molecule has 0 amide bonds. The van der Waals surface area contributed by atoms with Gasteiger partial charge in [-0.15, -0.1) is 0 Å². The van der Waals surface area contributed by atoms with Gasteiger partial charge in [-0.2, -0.15) is 0 Å². The van der Waals surface area contributed by atoms with Crippen molar-refractivity contribution in [3.05, 3.63) is 35.9 Å². The summed E-state index contributed by atoms with van der Waals surface area (Å²) in [4.78, 5) is 26.9. The predicted molar refractivity (Wildman–Crippen MR) is 112 cm³/mol. The Morgan fingerprint density at radius 3 is 2.63 bits per heavy atom. The number of benzene rings is 1. The number of aromatic nitrogens is 1. The van der Waals surface area contributed by atoms with Crippen molar-refractivity contribution in [3.8, 4) is 0 Å². The third-order valence-corrected chi connectivity index (χ3v) is 5.95. The molecule has 0 bridgehead atoms. The molecule has 8 heteroatoms. The Morgan fingerprint density at radius 2 is 2.00 bits per heavy atom. The molecule has 2 aliphatic heterocycles. The Balaban J connectivity index is 0.000000806. The van der Waals surface area contributed by atoms with E-state index in [0.29, 0.717) is 23.1 Å². The number of rotatable bonds is 3. The second-order valence-corrected chi connectivity index (χ2v) is 7.87. The molecule has 2 atom stereocenters. The summed E-state index contributed by atoms with van der Waals surface area (Å²) in [6, 6.07) is 9.02. The van der Waals surface area contributed by atoms with E-state index in [1.54, 1.807) is 12.1 Å². The van der Waals surface area contributed by atoms with Crippen LogP contribution in [0.1, 0.15) is 49.4 Å². The van der Waals surface area contributed by atoms with E-state index in [1.807, 2.05) is 18.2 Å². The molecule has 3 heterocycles. The summed E-state index contributed by atoms with van der Waals surface area (Å²) in [6.07, 6.45) is 3.77. The van der Waals surface area contributed by atoms with Crippen LogP contribution >= 0.6 is 0 Å². The van der Waals surface area contributed by atoms with Gasteiger partial charge in [0, 0.05) is 24.9 Å². The Kier molecular flexibility index (Phi) is 6.89. The van der Waals surface area contributed by atoms with Crippen LogP contribution in [0.5, 0.6) is 0 Å². The van der Waals surface area contributed by atoms with Crippen LogP contribution in [0.25, 0.3) is 10.9 Å². The highest BCUT2D eigenvalue weighted by atomic mass is 16.5. The molecule has 0 radical (unpaired) electrons. The van der Waals surface area contributed by atoms with E-state index in [2.05, 4.69) is 11.8 Å². The average molecular weight is 416 g/mol. The van der Waals surface area contributed by atoms with Crippen molar-refractivity contribution in [2.75, 3.05) is 18.0 Å². The second-order valence-electron chi connectivity index (χ2n) is 7.87. The zero-order valence-corrected chi connectivity index (χ0v) is 17.0. The monoisotopic (exact) mass is 416 g/mol. The number of para-hydroxylation sites is 1. The first kappa shape index (κ1) is 22.0. The van der Waals surface area contributed by atoms with Crippen LogP contribution in [0.2, 0.25) is 0 Å². The molecule has 0 saturated carbocycles. The number of pyridine rings is 1. The number of hydrogen-bond donors (Lipinski definition) is 3. The van der Waals surface area contributed by atoms with Gasteiger partial charge in [-0.3, -0.25) is 4.79 Å². The van der Waals surface area contributed by atoms with Crippen molar-refractivity contribution in [2.24, 2.45) is 0 Å². The third-order valence-electron chi connectivity index (χ3n) is 5.95. The summed E-state index contributed by atoms with van der Waals surface area (Å²) in [5, 5.41) is 27.4. The first-order valence-electron chi connectivity index (χ1n) is 10.2. The summed E-state index contributed by atoms with van der Waals surface area (Å²) >= 11 is 0. The number of fused-ring (bicyclic) bond motifs is 1. The number of nitrogens with zero attached hydrogens (tertiary/aromatic N) is 2. The van der Waals surface area contributed by atoms with Gasteiger partial charge in [0.2, 0.25) is 0 Å². The first-order chi connectivity index (χ1) is 14.4. The number of anilines is 1. The first-order valence-corrected chi connectivity index (χ1v) is 10.2. The SMILES string of the molecule is CC[C@H]1C[C@@H](O)CC2(CCN(c3cc(C(=O)O)c4ccccc4n3)CC2)O1.O=CO. The van der Waals surface area contributed by atoms with E-state index < -0.39 is 5.97 Å². The third kappa shape index (κ3) is 4.71. The molecular weight excluding hydrogens is 388 g/mol. The minimum absolute atomic E-state index is 0.123. The molecule has 2 fully saturated rings. The van der Waals surface area contributed by atoms with Crippen LogP contribution in [0.3, 0.4) is 0 Å². The summed E-state index contributed by atoms with van der Waals surface area (Å²) in [5.74, 6) is -0.239. The van der Waals surface area contributed by atoms with Gasteiger partial charge in [0.15, 0.2) is 0 Å². The fraction of sp³-hybridized carbons (Fsp3) is 0.500. The van der Waals surface area contributed by atoms with Gasteiger partial charge in [0.25, 0.3) is 6.47 Å². The number of carboxylic acid groups (broad SMARTS) is 2. The van der Waals surface area contributed by atoms with E-state index in [0.717, 1.165) is 38.8 Å². The molecule has 0 unspecified atom stereocenters. The van der Waals surface area contributed by atoms with Crippen molar-refractivity contribution in [1.82, 2.24) is 4.98 Å². The summed E-state index contributed by atoms with van der Waals surface area (Å²) in [6.45, 7) is 3.33. The number of carbonyl (C=O) groups is 2. The van der Waals surface area contributed by atoms with Crippen molar-refractivity contribution < 1.29 is 29.6 Å². The Hall–Kier alpha value is -2.71. The minimum atomic E-state index is -0.937. The molecule has 2 aromatic rings. The summed E-state index contributed by atoms with van der Waals surface area (Å²) < 4.78 is 6.35. The Bertz CT molecular complexity index is 894. The Morgan fingerprint density at radius 1 is 1.33 bits per heavy atom. The smallest absolute Gasteiger partial charge is 0.336 e. The van der Waals surface area contributed by atoms with E-state index in [4.69, 9.17) is 19.6 Å². The number of piperidine rings is 1. The van der Waals surface area contributed by atoms with Crippen molar-refractivity contribution in [3.63, 3.8) is 0 Å². The zero-order valence-electron chi connectivity index (χ0n) is 17.0. The largest absolute Gasteiger partial charge is 0.483 e. The molecule has 2 saturated heterocycles. The molecule has 1 aromatic heterocycles. The van der Waals surface area contributed by atoms with Gasteiger partial charge >= 0.3 is 5.97 Å². The molecule has 0 aliphatic carbocycles. The minimum Gasteiger partial charge on any atom is -0.483 e.